The number of primary amides is 1. The Labute approximate surface area is 175 Å². The summed E-state index contributed by atoms with van der Waals surface area (Å²) in [4.78, 5) is 14.5. The van der Waals surface area contributed by atoms with Gasteiger partial charge in [-0.05, 0) is 49.4 Å². The molecule has 8 heteroatoms. The number of carbonyl (C=O) groups excluding carboxylic acids is 1. The van der Waals surface area contributed by atoms with Gasteiger partial charge in [-0.2, -0.15) is 10.4 Å². The number of benzene rings is 1. The molecule has 7 nitrogen and oxygen atoms in total. The average molecular weight is 413 g/mol. The van der Waals surface area contributed by atoms with E-state index in [2.05, 4.69) is 28.3 Å². The molecule has 2 aliphatic rings. The SMILES string of the molecule is CC1CN([C@H]2CC[C@H](n3cc(C(N)=O)c(Nc4ccc(Cl)cc4)n3)[C@@H](C#N)C2)C1. The summed E-state index contributed by atoms with van der Waals surface area (Å²) in [5, 5.41) is 18.1. The molecule has 0 radical (unpaired) electrons. The Kier molecular flexibility index (Phi) is 5.48. The molecule has 2 aromatic rings. The van der Waals surface area contributed by atoms with Gasteiger partial charge in [-0.1, -0.05) is 18.5 Å². The van der Waals surface area contributed by atoms with Gasteiger partial charge in [0.05, 0.1) is 18.0 Å². The minimum atomic E-state index is -0.551. The van der Waals surface area contributed by atoms with Gasteiger partial charge in [-0.15, -0.1) is 0 Å². The molecular formula is C21H25ClN6O. The summed E-state index contributed by atoms with van der Waals surface area (Å²) in [5.41, 5.74) is 6.65. The van der Waals surface area contributed by atoms with Crippen LogP contribution >= 0.6 is 11.6 Å². The second-order valence-corrected chi connectivity index (χ2v) is 8.63. The number of hydrogen-bond acceptors (Lipinski definition) is 5. The Morgan fingerprint density at radius 1 is 1.31 bits per heavy atom. The van der Waals surface area contributed by atoms with Crippen molar-refractivity contribution < 1.29 is 4.79 Å². The summed E-state index contributed by atoms with van der Waals surface area (Å²) in [7, 11) is 0. The number of nitrogens with zero attached hydrogens (tertiary/aromatic N) is 4. The van der Waals surface area contributed by atoms with Crippen LogP contribution in [0.4, 0.5) is 11.5 Å². The third-order valence-corrected chi connectivity index (χ3v) is 6.26. The molecule has 1 saturated heterocycles. The van der Waals surface area contributed by atoms with Crippen LogP contribution in [0.15, 0.2) is 30.5 Å². The highest BCUT2D eigenvalue weighted by Crippen LogP contribution is 2.38. The Morgan fingerprint density at radius 2 is 2.03 bits per heavy atom. The van der Waals surface area contributed by atoms with Gasteiger partial charge >= 0.3 is 0 Å². The van der Waals surface area contributed by atoms with E-state index < -0.39 is 5.91 Å². The standard InChI is InChI=1S/C21H25ClN6O/c1-13-10-27(11-13)17-6-7-19(14(8-17)9-23)28-12-18(20(24)29)21(26-28)25-16-4-2-15(22)3-5-16/h2-5,12-14,17,19H,6-8,10-11H2,1H3,(H2,24,29)(H,25,26)/t14-,17+,19+/m1/s1. The van der Waals surface area contributed by atoms with Gasteiger partial charge in [-0.3, -0.25) is 14.4 Å². The van der Waals surface area contributed by atoms with Crippen LogP contribution in [-0.4, -0.2) is 39.7 Å². The van der Waals surface area contributed by atoms with Gasteiger partial charge in [0.25, 0.3) is 5.91 Å². The summed E-state index contributed by atoms with van der Waals surface area (Å²) in [6, 6.07) is 10.0. The number of likely N-dealkylation sites (tertiary alicyclic amines) is 1. The molecule has 29 heavy (non-hydrogen) atoms. The number of halogens is 1. The van der Waals surface area contributed by atoms with E-state index in [-0.39, 0.29) is 12.0 Å². The Hall–Kier alpha value is -2.56. The van der Waals surface area contributed by atoms with Crippen molar-refractivity contribution >= 4 is 29.0 Å². The second kappa shape index (κ2) is 8.05. The molecule has 1 amide bonds. The van der Waals surface area contributed by atoms with Crippen molar-refractivity contribution in [2.45, 2.75) is 38.3 Å². The lowest BCUT2D eigenvalue weighted by atomic mass is 9.80. The van der Waals surface area contributed by atoms with Crippen LogP contribution in [0.5, 0.6) is 0 Å². The number of nitrogens with two attached hydrogens (primary N) is 1. The van der Waals surface area contributed by atoms with Gasteiger partial charge in [-0.25, -0.2) is 0 Å². The van der Waals surface area contributed by atoms with Crippen LogP contribution in [0, 0.1) is 23.2 Å². The fourth-order valence-electron chi connectivity index (χ4n) is 4.47. The maximum Gasteiger partial charge on any atom is 0.254 e. The molecule has 0 bridgehead atoms. The maximum atomic E-state index is 12.0. The summed E-state index contributed by atoms with van der Waals surface area (Å²) in [6.45, 7) is 4.50. The fraction of sp³-hybridized carbons (Fsp3) is 0.476. The van der Waals surface area contributed by atoms with Gasteiger partial charge in [0.1, 0.15) is 5.56 Å². The zero-order chi connectivity index (χ0) is 20.5. The van der Waals surface area contributed by atoms with E-state index >= 15 is 0 Å². The number of aromatic nitrogens is 2. The van der Waals surface area contributed by atoms with Gasteiger partial charge in [0.2, 0.25) is 0 Å². The summed E-state index contributed by atoms with van der Waals surface area (Å²) in [6.07, 6.45) is 4.39. The van der Waals surface area contributed by atoms with E-state index in [1.807, 2.05) is 12.1 Å². The highest BCUT2D eigenvalue weighted by atomic mass is 35.5. The average Bonchev–Trinajstić information content (AvgIpc) is 3.10. The molecule has 2 heterocycles. The van der Waals surface area contributed by atoms with E-state index in [0.717, 1.165) is 44.0 Å². The number of amides is 1. The first-order chi connectivity index (χ1) is 13.9. The highest BCUT2D eigenvalue weighted by Gasteiger charge is 2.38. The number of nitrogens with one attached hydrogen (secondary N) is 1. The third kappa shape index (κ3) is 4.09. The van der Waals surface area contributed by atoms with Crippen LogP contribution in [-0.2, 0) is 0 Å². The Bertz CT molecular complexity index is 928. The van der Waals surface area contributed by atoms with E-state index in [1.165, 1.54) is 0 Å². The predicted molar refractivity (Wildman–Crippen MR) is 112 cm³/mol. The van der Waals surface area contributed by atoms with Crippen molar-refractivity contribution in [2.24, 2.45) is 17.6 Å². The molecule has 0 spiro atoms. The zero-order valence-corrected chi connectivity index (χ0v) is 17.1. The van der Waals surface area contributed by atoms with Crippen molar-refractivity contribution in [1.82, 2.24) is 14.7 Å². The number of carbonyl (C=O) groups is 1. The van der Waals surface area contributed by atoms with Crippen molar-refractivity contribution in [3.63, 3.8) is 0 Å². The van der Waals surface area contributed by atoms with Crippen molar-refractivity contribution in [2.75, 3.05) is 18.4 Å². The molecule has 152 valence electrons. The highest BCUT2D eigenvalue weighted by molar-refractivity contribution is 6.30. The lowest BCUT2D eigenvalue weighted by molar-refractivity contribution is 0.0264. The first kappa shape index (κ1) is 19.7. The van der Waals surface area contributed by atoms with Crippen LogP contribution in [0.25, 0.3) is 0 Å². The van der Waals surface area contributed by atoms with E-state index in [0.29, 0.717) is 22.4 Å². The topological polar surface area (TPSA) is 100.0 Å². The quantitative estimate of drug-likeness (QED) is 0.781. The number of rotatable bonds is 5. The van der Waals surface area contributed by atoms with Crippen molar-refractivity contribution in [3.8, 4) is 6.07 Å². The van der Waals surface area contributed by atoms with Gasteiger partial charge in [0, 0.05) is 36.0 Å². The summed E-state index contributed by atoms with van der Waals surface area (Å²) < 4.78 is 1.75. The van der Waals surface area contributed by atoms with E-state index in [4.69, 9.17) is 17.3 Å². The molecule has 3 N–H and O–H groups in total. The second-order valence-electron chi connectivity index (χ2n) is 8.20. The third-order valence-electron chi connectivity index (χ3n) is 6.00. The van der Waals surface area contributed by atoms with E-state index in [9.17, 15) is 10.1 Å². The Morgan fingerprint density at radius 3 is 2.66 bits per heavy atom. The summed E-state index contributed by atoms with van der Waals surface area (Å²) in [5.74, 6) is 0.451. The van der Waals surface area contributed by atoms with Crippen LogP contribution < -0.4 is 11.1 Å². The molecular weight excluding hydrogens is 388 g/mol. The number of hydrogen-bond donors (Lipinski definition) is 2. The zero-order valence-electron chi connectivity index (χ0n) is 16.4. The molecule has 2 fully saturated rings. The number of anilines is 2. The minimum Gasteiger partial charge on any atom is -0.365 e. The largest absolute Gasteiger partial charge is 0.365 e. The normalized spacial score (nSPS) is 25.2. The maximum absolute atomic E-state index is 12.0. The Balaban J connectivity index is 1.54. The lowest BCUT2D eigenvalue weighted by Crippen LogP contribution is -2.53. The molecule has 1 aliphatic carbocycles. The molecule has 4 rings (SSSR count). The molecule has 1 aliphatic heterocycles. The molecule has 1 aromatic carbocycles. The molecule has 1 aromatic heterocycles. The first-order valence-electron chi connectivity index (χ1n) is 9.99. The minimum absolute atomic E-state index is 0.0613. The van der Waals surface area contributed by atoms with Crippen LogP contribution in [0.2, 0.25) is 5.02 Å². The number of nitriles is 1. The van der Waals surface area contributed by atoms with Gasteiger partial charge < -0.3 is 11.1 Å². The first-order valence-corrected chi connectivity index (χ1v) is 10.4. The predicted octanol–water partition coefficient (Wildman–Crippen LogP) is 3.56. The summed E-state index contributed by atoms with van der Waals surface area (Å²) >= 11 is 5.93. The molecule has 0 unspecified atom stereocenters. The fourth-order valence-corrected chi connectivity index (χ4v) is 4.59. The smallest absolute Gasteiger partial charge is 0.254 e. The van der Waals surface area contributed by atoms with Crippen molar-refractivity contribution in [3.05, 3.63) is 41.0 Å². The monoisotopic (exact) mass is 412 g/mol. The lowest BCUT2D eigenvalue weighted by Gasteiger charge is -2.46. The molecule has 3 atom stereocenters. The molecule has 1 saturated carbocycles. The van der Waals surface area contributed by atoms with Crippen LogP contribution in [0.1, 0.15) is 42.6 Å². The van der Waals surface area contributed by atoms with Crippen molar-refractivity contribution in [1.29, 1.82) is 5.26 Å². The van der Waals surface area contributed by atoms with E-state index in [1.54, 1.807) is 23.0 Å². The van der Waals surface area contributed by atoms with Crippen LogP contribution in [0.3, 0.4) is 0 Å². The van der Waals surface area contributed by atoms with Gasteiger partial charge in [0.15, 0.2) is 5.82 Å².